The number of imide groups is 1. The van der Waals surface area contributed by atoms with Crippen molar-refractivity contribution < 1.29 is 18.0 Å². The number of aryl methyl sites for hydroxylation is 3. The zero-order valence-corrected chi connectivity index (χ0v) is 18.8. The van der Waals surface area contributed by atoms with E-state index in [4.69, 9.17) is 0 Å². The number of nitrogens with zero attached hydrogens (tertiary/aromatic N) is 2. The minimum atomic E-state index is -3.55. The van der Waals surface area contributed by atoms with E-state index in [1.54, 1.807) is 30.3 Å². The molecule has 0 saturated carbocycles. The van der Waals surface area contributed by atoms with Gasteiger partial charge in [0.25, 0.3) is 0 Å². The zero-order valence-electron chi connectivity index (χ0n) is 18.0. The summed E-state index contributed by atoms with van der Waals surface area (Å²) in [5, 5.41) is 5.01. The van der Waals surface area contributed by atoms with Crippen LogP contribution in [0.25, 0.3) is 0 Å². The van der Waals surface area contributed by atoms with Crippen molar-refractivity contribution >= 4 is 27.6 Å². The molecule has 1 fully saturated rings. The molecule has 166 valence electrons. The maximum Gasteiger partial charge on any atom is 0.325 e. The lowest BCUT2D eigenvalue weighted by Crippen LogP contribution is -2.51. The Morgan fingerprint density at radius 3 is 2.13 bits per heavy atom. The van der Waals surface area contributed by atoms with Crippen LogP contribution in [0.15, 0.2) is 47.4 Å². The zero-order chi connectivity index (χ0) is 22.6. The summed E-state index contributed by atoms with van der Waals surface area (Å²) in [5.41, 5.74) is 3.64. The van der Waals surface area contributed by atoms with Crippen LogP contribution in [0, 0.1) is 20.8 Å². The number of piperazine rings is 1. The molecule has 0 aliphatic carbocycles. The average Bonchev–Trinajstić information content (AvgIpc) is 2.71. The molecule has 1 saturated heterocycles. The largest absolute Gasteiger partial charge is 0.325 e. The molecule has 31 heavy (non-hydrogen) atoms. The minimum Gasteiger partial charge on any atom is -0.307 e. The predicted octanol–water partition coefficient (Wildman–Crippen LogP) is 2.27. The van der Waals surface area contributed by atoms with Gasteiger partial charge in [-0.2, -0.15) is 4.31 Å². The van der Waals surface area contributed by atoms with Gasteiger partial charge in [-0.3, -0.25) is 15.0 Å². The van der Waals surface area contributed by atoms with Gasteiger partial charge in [0, 0.05) is 31.9 Å². The van der Waals surface area contributed by atoms with Crippen molar-refractivity contribution in [3.05, 3.63) is 59.2 Å². The normalized spacial score (nSPS) is 15.5. The van der Waals surface area contributed by atoms with Gasteiger partial charge in [0.2, 0.25) is 15.9 Å². The first-order valence-electron chi connectivity index (χ1n) is 10.1. The fourth-order valence-corrected chi connectivity index (χ4v) is 4.89. The van der Waals surface area contributed by atoms with Gasteiger partial charge in [-0.15, -0.1) is 0 Å². The molecule has 3 rings (SSSR count). The monoisotopic (exact) mass is 444 g/mol. The standard InChI is InChI=1S/C22H28N4O4S/c1-16-4-7-19(8-5-16)31(29,30)26-12-10-25(11-13-26)15-21(27)24-22(28)23-20-9-6-17(2)14-18(20)3/h4-9,14H,10-13,15H2,1-3H3,(H2,23,24,27,28). The molecule has 9 heteroatoms. The van der Waals surface area contributed by atoms with Gasteiger partial charge in [-0.05, 0) is 44.5 Å². The number of urea groups is 1. The summed E-state index contributed by atoms with van der Waals surface area (Å²) in [4.78, 5) is 26.5. The Labute approximate surface area is 183 Å². The SMILES string of the molecule is Cc1ccc(S(=O)(=O)N2CCN(CC(=O)NC(=O)Nc3ccc(C)cc3C)CC2)cc1. The van der Waals surface area contributed by atoms with E-state index >= 15 is 0 Å². The first-order valence-corrected chi connectivity index (χ1v) is 11.6. The Morgan fingerprint density at radius 2 is 1.52 bits per heavy atom. The van der Waals surface area contributed by atoms with Gasteiger partial charge in [-0.25, -0.2) is 13.2 Å². The second-order valence-electron chi connectivity index (χ2n) is 7.81. The molecule has 0 radical (unpaired) electrons. The highest BCUT2D eigenvalue weighted by molar-refractivity contribution is 7.89. The van der Waals surface area contributed by atoms with Crippen LogP contribution < -0.4 is 10.6 Å². The third-order valence-corrected chi connectivity index (χ3v) is 7.15. The summed E-state index contributed by atoms with van der Waals surface area (Å²) >= 11 is 0. The number of hydrogen-bond donors (Lipinski definition) is 2. The highest BCUT2D eigenvalue weighted by Gasteiger charge is 2.29. The van der Waals surface area contributed by atoms with Crippen molar-refractivity contribution in [2.45, 2.75) is 25.7 Å². The fraction of sp³-hybridized carbons (Fsp3) is 0.364. The van der Waals surface area contributed by atoms with Crippen LogP contribution in [0.3, 0.4) is 0 Å². The number of nitrogens with one attached hydrogen (secondary N) is 2. The molecule has 1 aliphatic heterocycles. The molecule has 2 aromatic rings. The molecular weight excluding hydrogens is 416 g/mol. The van der Waals surface area contributed by atoms with Crippen molar-refractivity contribution in [1.29, 1.82) is 0 Å². The Balaban J connectivity index is 1.48. The van der Waals surface area contributed by atoms with Crippen LogP contribution in [-0.4, -0.2) is 62.3 Å². The van der Waals surface area contributed by atoms with E-state index in [9.17, 15) is 18.0 Å². The fourth-order valence-electron chi connectivity index (χ4n) is 3.46. The molecule has 8 nitrogen and oxygen atoms in total. The smallest absolute Gasteiger partial charge is 0.307 e. The lowest BCUT2D eigenvalue weighted by atomic mass is 10.1. The molecule has 1 heterocycles. The lowest BCUT2D eigenvalue weighted by Gasteiger charge is -2.33. The molecule has 2 aromatic carbocycles. The lowest BCUT2D eigenvalue weighted by molar-refractivity contribution is -0.121. The second-order valence-corrected chi connectivity index (χ2v) is 9.75. The van der Waals surface area contributed by atoms with Gasteiger partial charge in [0.1, 0.15) is 0 Å². The molecule has 0 atom stereocenters. The third kappa shape index (κ3) is 5.90. The van der Waals surface area contributed by atoms with Crippen molar-refractivity contribution in [2.24, 2.45) is 0 Å². The highest BCUT2D eigenvalue weighted by Crippen LogP contribution is 2.18. The van der Waals surface area contributed by atoms with Crippen LogP contribution in [0.1, 0.15) is 16.7 Å². The highest BCUT2D eigenvalue weighted by atomic mass is 32.2. The number of carbonyl (C=O) groups excluding carboxylic acids is 2. The summed E-state index contributed by atoms with van der Waals surface area (Å²) < 4.78 is 27.0. The molecule has 0 unspecified atom stereocenters. The Morgan fingerprint density at radius 1 is 0.903 bits per heavy atom. The van der Waals surface area contributed by atoms with E-state index < -0.39 is 22.0 Å². The molecule has 0 bridgehead atoms. The Bertz CT molecular complexity index is 1060. The van der Waals surface area contributed by atoms with Crippen LogP contribution in [0.5, 0.6) is 0 Å². The van der Waals surface area contributed by atoms with E-state index in [0.29, 0.717) is 18.8 Å². The van der Waals surface area contributed by atoms with Crippen LogP contribution in [-0.2, 0) is 14.8 Å². The van der Waals surface area contributed by atoms with Crippen molar-refractivity contribution in [3.63, 3.8) is 0 Å². The maximum absolute atomic E-state index is 12.8. The van der Waals surface area contributed by atoms with Crippen molar-refractivity contribution in [3.8, 4) is 0 Å². The number of sulfonamides is 1. The van der Waals surface area contributed by atoms with Crippen LogP contribution in [0.4, 0.5) is 10.5 Å². The van der Waals surface area contributed by atoms with Gasteiger partial charge in [0.05, 0.1) is 11.4 Å². The molecule has 1 aliphatic rings. The van der Waals surface area contributed by atoms with Crippen LogP contribution in [0.2, 0.25) is 0 Å². The van der Waals surface area contributed by atoms with Gasteiger partial charge in [-0.1, -0.05) is 35.4 Å². The summed E-state index contributed by atoms with van der Waals surface area (Å²) in [5.74, 6) is -0.433. The topological polar surface area (TPSA) is 98.8 Å². The van der Waals surface area contributed by atoms with Crippen LogP contribution >= 0.6 is 0 Å². The summed E-state index contributed by atoms with van der Waals surface area (Å²) in [7, 11) is -3.55. The summed E-state index contributed by atoms with van der Waals surface area (Å²) in [6, 6.07) is 11.8. The molecule has 3 amide bonds. The van der Waals surface area contributed by atoms with Crippen molar-refractivity contribution in [1.82, 2.24) is 14.5 Å². The number of hydrogen-bond acceptors (Lipinski definition) is 5. The Kier molecular flexibility index (Phi) is 7.09. The predicted molar refractivity (Wildman–Crippen MR) is 119 cm³/mol. The average molecular weight is 445 g/mol. The summed E-state index contributed by atoms with van der Waals surface area (Å²) in [6.07, 6.45) is 0. The van der Waals surface area contributed by atoms with Gasteiger partial charge < -0.3 is 5.32 Å². The first-order chi connectivity index (χ1) is 14.6. The van der Waals surface area contributed by atoms with Gasteiger partial charge in [0.15, 0.2) is 0 Å². The quantitative estimate of drug-likeness (QED) is 0.737. The molecule has 2 N–H and O–H groups in total. The second kappa shape index (κ2) is 9.59. The van der Waals surface area contributed by atoms with Gasteiger partial charge >= 0.3 is 6.03 Å². The number of benzene rings is 2. The third-order valence-electron chi connectivity index (χ3n) is 5.24. The summed E-state index contributed by atoms with van der Waals surface area (Å²) in [6.45, 7) is 7.19. The number of amides is 3. The number of carbonyl (C=O) groups is 2. The molecule has 0 aromatic heterocycles. The van der Waals surface area contributed by atoms with E-state index in [0.717, 1.165) is 16.7 Å². The number of rotatable bonds is 5. The first kappa shape index (κ1) is 22.9. The maximum atomic E-state index is 12.8. The Hall–Kier alpha value is -2.75. The van der Waals surface area contributed by atoms with E-state index in [1.165, 1.54) is 4.31 Å². The van der Waals surface area contributed by atoms with E-state index in [2.05, 4.69) is 10.6 Å². The molecule has 0 spiro atoms. The minimum absolute atomic E-state index is 0.0265. The van der Waals surface area contributed by atoms with Crippen molar-refractivity contribution in [2.75, 3.05) is 38.0 Å². The molecular formula is C22H28N4O4S. The number of anilines is 1. The van der Waals surface area contributed by atoms with E-state index in [-0.39, 0.29) is 24.5 Å². The van der Waals surface area contributed by atoms with E-state index in [1.807, 2.05) is 37.8 Å².